The van der Waals surface area contributed by atoms with E-state index in [9.17, 15) is 9.59 Å². The molecule has 0 saturated carbocycles. The Kier molecular flexibility index (Phi) is 4.51. The lowest BCUT2D eigenvalue weighted by molar-refractivity contribution is 0.0966. The second-order valence-electron chi connectivity index (χ2n) is 5.84. The predicted molar refractivity (Wildman–Crippen MR) is 103 cm³/mol. The molecule has 8 heteroatoms. The standard InChI is InChI=1S/C19H12Cl2N4O2/c20-13-7-5-12(6-8-13)16-9-10-18-23-24(19(27)25(18)22-16)11-17(26)14-3-1-2-4-15(14)21/h1-10H,11H2. The molecule has 2 heterocycles. The molecular weight excluding hydrogens is 387 g/mol. The zero-order valence-corrected chi connectivity index (χ0v) is 15.4. The number of rotatable bonds is 4. The molecule has 2 aromatic carbocycles. The van der Waals surface area contributed by atoms with Crippen LogP contribution in [0.5, 0.6) is 0 Å². The second-order valence-corrected chi connectivity index (χ2v) is 6.68. The van der Waals surface area contributed by atoms with E-state index in [2.05, 4.69) is 10.2 Å². The Labute approximate surface area is 163 Å². The average Bonchev–Trinajstić information content (AvgIpc) is 2.98. The molecule has 0 bridgehead atoms. The number of hydrogen-bond donors (Lipinski definition) is 0. The van der Waals surface area contributed by atoms with Crippen LogP contribution < -0.4 is 5.69 Å². The van der Waals surface area contributed by atoms with Gasteiger partial charge in [0.2, 0.25) is 0 Å². The van der Waals surface area contributed by atoms with Crippen LogP contribution >= 0.6 is 23.2 Å². The third kappa shape index (κ3) is 3.37. The molecule has 0 radical (unpaired) electrons. The summed E-state index contributed by atoms with van der Waals surface area (Å²) in [4.78, 5) is 25.1. The number of carbonyl (C=O) groups excluding carboxylic acids is 1. The second kappa shape index (κ2) is 6.98. The summed E-state index contributed by atoms with van der Waals surface area (Å²) in [6, 6.07) is 17.2. The summed E-state index contributed by atoms with van der Waals surface area (Å²) in [5.74, 6) is -0.302. The molecule has 0 unspecified atom stereocenters. The van der Waals surface area contributed by atoms with E-state index in [4.69, 9.17) is 23.2 Å². The predicted octanol–water partition coefficient (Wildman–Crippen LogP) is 3.75. The molecule has 0 aliphatic heterocycles. The van der Waals surface area contributed by atoms with Crippen molar-refractivity contribution in [2.45, 2.75) is 6.54 Å². The van der Waals surface area contributed by atoms with Crippen molar-refractivity contribution in [2.24, 2.45) is 0 Å². The van der Waals surface area contributed by atoms with Crippen LogP contribution in [0.3, 0.4) is 0 Å². The summed E-state index contributed by atoms with van der Waals surface area (Å²) < 4.78 is 2.25. The molecule has 0 aliphatic carbocycles. The molecule has 0 N–H and O–H groups in total. The monoisotopic (exact) mass is 398 g/mol. The molecule has 4 aromatic rings. The van der Waals surface area contributed by atoms with E-state index in [-0.39, 0.29) is 12.3 Å². The fourth-order valence-corrected chi connectivity index (χ4v) is 3.06. The topological polar surface area (TPSA) is 69.3 Å². The molecule has 27 heavy (non-hydrogen) atoms. The zero-order valence-electron chi connectivity index (χ0n) is 13.8. The molecule has 6 nitrogen and oxygen atoms in total. The average molecular weight is 399 g/mol. The Morgan fingerprint density at radius 3 is 2.41 bits per heavy atom. The highest BCUT2D eigenvalue weighted by atomic mass is 35.5. The number of fused-ring (bicyclic) bond motifs is 1. The van der Waals surface area contributed by atoms with Crippen LogP contribution in [0, 0.1) is 0 Å². The normalized spacial score (nSPS) is 11.0. The number of halogens is 2. The Bertz CT molecular complexity index is 1210. The van der Waals surface area contributed by atoms with Crippen molar-refractivity contribution >= 4 is 34.6 Å². The number of ketones is 1. The largest absolute Gasteiger partial charge is 0.367 e. The quantitative estimate of drug-likeness (QED) is 0.490. The fraction of sp³-hybridized carbons (Fsp3) is 0.0526. The van der Waals surface area contributed by atoms with Gasteiger partial charge in [0.15, 0.2) is 11.4 Å². The molecular formula is C19H12Cl2N4O2. The lowest BCUT2D eigenvalue weighted by Gasteiger charge is -2.02. The fourth-order valence-electron chi connectivity index (χ4n) is 2.69. The van der Waals surface area contributed by atoms with Crippen molar-refractivity contribution in [3.8, 4) is 11.3 Å². The minimum atomic E-state index is -0.499. The number of Topliss-reactive ketones (excluding diaryl/α,β-unsaturated/α-hetero) is 1. The molecule has 0 saturated heterocycles. The lowest BCUT2D eigenvalue weighted by atomic mass is 10.1. The van der Waals surface area contributed by atoms with Gasteiger partial charge in [0.05, 0.1) is 10.7 Å². The number of nitrogens with zero attached hydrogens (tertiary/aromatic N) is 4. The van der Waals surface area contributed by atoms with Gasteiger partial charge in [0.1, 0.15) is 6.54 Å². The van der Waals surface area contributed by atoms with Gasteiger partial charge in [-0.2, -0.15) is 9.61 Å². The number of hydrogen-bond acceptors (Lipinski definition) is 4. The van der Waals surface area contributed by atoms with Crippen LogP contribution in [0.2, 0.25) is 10.0 Å². The van der Waals surface area contributed by atoms with Crippen molar-refractivity contribution in [3.63, 3.8) is 0 Å². The van der Waals surface area contributed by atoms with Gasteiger partial charge in [-0.25, -0.2) is 9.48 Å². The van der Waals surface area contributed by atoms with E-state index < -0.39 is 5.69 Å². The highest BCUT2D eigenvalue weighted by Gasteiger charge is 2.15. The minimum Gasteiger partial charge on any atom is -0.292 e. The maximum absolute atomic E-state index is 12.6. The SMILES string of the molecule is O=C(Cn1nc2ccc(-c3ccc(Cl)cc3)nn2c1=O)c1ccccc1Cl. The first-order chi connectivity index (χ1) is 13.0. The summed E-state index contributed by atoms with van der Waals surface area (Å²) in [5, 5.41) is 9.46. The maximum atomic E-state index is 12.6. The van der Waals surface area contributed by atoms with Gasteiger partial charge in [-0.05, 0) is 36.4 Å². The number of aromatic nitrogens is 4. The van der Waals surface area contributed by atoms with Crippen LogP contribution in [0.25, 0.3) is 16.9 Å². The van der Waals surface area contributed by atoms with Crippen LogP contribution in [-0.2, 0) is 6.54 Å². The number of carbonyl (C=O) groups is 1. The minimum absolute atomic E-state index is 0.220. The molecule has 0 spiro atoms. The molecule has 0 amide bonds. The lowest BCUT2D eigenvalue weighted by Crippen LogP contribution is -2.26. The Morgan fingerprint density at radius 2 is 1.67 bits per heavy atom. The van der Waals surface area contributed by atoms with E-state index in [0.717, 1.165) is 10.2 Å². The third-order valence-corrected chi connectivity index (χ3v) is 4.63. The molecule has 4 rings (SSSR count). The maximum Gasteiger partial charge on any atom is 0.367 e. The zero-order chi connectivity index (χ0) is 19.0. The van der Waals surface area contributed by atoms with Crippen LogP contribution in [-0.4, -0.2) is 25.2 Å². The summed E-state index contributed by atoms with van der Waals surface area (Å²) in [7, 11) is 0. The Balaban J connectivity index is 1.70. The van der Waals surface area contributed by atoms with Gasteiger partial charge in [-0.3, -0.25) is 4.79 Å². The Hall–Kier alpha value is -2.96. The first kappa shape index (κ1) is 17.5. The van der Waals surface area contributed by atoms with Crippen LogP contribution in [0.4, 0.5) is 0 Å². The summed E-state index contributed by atoms with van der Waals surface area (Å²) in [6.07, 6.45) is 0. The molecule has 134 valence electrons. The first-order valence-corrected chi connectivity index (χ1v) is 8.79. The summed E-state index contributed by atoms with van der Waals surface area (Å²) >= 11 is 12.0. The smallest absolute Gasteiger partial charge is 0.292 e. The van der Waals surface area contributed by atoms with Gasteiger partial charge in [-0.15, -0.1) is 5.10 Å². The van der Waals surface area contributed by atoms with E-state index in [0.29, 0.717) is 26.9 Å². The van der Waals surface area contributed by atoms with Gasteiger partial charge in [0.25, 0.3) is 0 Å². The molecule has 0 aliphatic rings. The van der Waals surface area contributed by atoms with Gasteiger partial charge < -0.3 is 0 Å². The van der Waals surface area contributed by atoms with Crippen molar-refractivity contribution in [1.82, 2.24) is 19.4 Å². The van der Waals surface area contributed by atoms with Gasteiger partial charge >= 0.3 is 5.69 Å². The van der Waals surface area contributed by atoms with Crippen LogP contribution in [0.15, 0.2) is 65.5 Å². The van der Waals surface area contributed by atoms with Gasteiger partial charge in [0, 0.05) is 16.1 Å². The first-order valence-electron chi connectivity index (χ1n) is 8.03. The third-order valence-electron chi connectivity index (χ3n) is 4.05. The van der Waals surface area contributed by atoms with E-state index in [1.165, 1.54) is 4.52 Å². The highest BCUT2D eigenvalue weighted by molar-refractivity contribution is 6.33. The van der Waals surface area contributed by atoms with Crippen molar-refractivity contribution < 1.29 is 4.79 Å². The Morgan fingerprint density at radius 1 is 0.926 bits per heavy atom. The van der Waals surface area contributed by atoms with E-state index in [1.807, 2.05) is 12.1 Å². The van der Waals surface area contributed by atoms with Crippen LogP contribution in [0.1, 0.15) is 10.4 Å². The van der Waals surface area contributed by atoms with Crippen molar-refractivity contribution in [3.05, 3.63) is 86.8 Å². The molecule has 0 fully saturated rings. The van der Waals surface area contributed by atoms with E-state index in [1.54, 1.807) is 48.5 Å². The van der Waals surface area contributed by atoms with Crippen molar-refractivity contribution in [1.29, 1.82) is 0 Å². The highest BCUT2D eigenvalue weighted by Crippen LogP contribution is 2.19. The van der Waals surface area contributed by atoms with Crippen molar-refractivity contribution in [2.75, 3.05) is 0 Å². The molecule has 2 aromatic heterocycles. The summed E-state index contributed by atoms with van der Waals surface area (Å²) in [6.45, 7) is -0.220. The molecule has 0 atom stereocenters. The number of benzene rings is 2. The summed E-state index contributed by atoms with van der Waals surface area (Å²) in [5.41, 5.74) is 1.61. The van der Waals surface area contributed by atoms with E-state index >= 15 is 0 Å². The van der Waals surface area contributed by atoms with Gasteiger partial charge in [-0.1, -0.05) is 47.5 Å².